The van der Waals surface area contributed by atoms with Crippen LogP contribution >= 0.6 is 0 Å². The van der Waals surface area contributed by atoms with Gasteiger partial charge in [-0.25, -0.2) is 4.79 Å². The van der Waals surface area contributed by atoms with E-state index in [1.165, 1.54) is 12.7 Å². The lowest BCUT2D eigenvalue weighted by Crippen LogP contribution is -2.45. The lowest BCUT2D eigenvalue weighted by atomic mass is 9.67. The molecule has 2 unspecified atom stereocenters. The van der Waals surface area contributed by atoms with E-state index >= 15 is 0 Å². The highest BCUT2D eigenvalue weighted by Gasteiger charge is 2.46. The van der Waals surface area contributed by atoms with Gasteiger partial charge in [0.05, 0.1) is 7.11 Å². The summed E-state index contributed by atoms with van der Waals surface area (Å²) in [5, 5.41) is 11.2. The Morgan fingerprint density at radius 1 is 1.37 bits per heavy atom. The number of phenols is 1. The summed E-state index contributed by atoms with van der Waals surface area (Å²) in [7, 11) is 1.37. The number of ether oxygens (including phenoxy) is 2. The van der Waals surface area contributed by atoms with E-state index in [0.29, 0.717) is 11.3 Å². The molecule has 1 aliphatic carbocycles. The third kappa shape index (κ3) is 3.59. The largest absolute Gasteiger partial charge is 0.507 e. The Balaban J connectivity index is 2.16. The molecule has 0 amide bonds. The Morgan fingerprint density at radius 3 is 2.78 bits per heavy atom. The lowest BCUT2D eigenvalue weighted by Gasteiger charge is -2.46. The first kappa shape index (κ1) is 19.8. The molecule has 1 N–H and O–H groups in total. The lowest BCUT2D eigenvalue weighted by molar-refractivity contribution is 0.0106. The summed E-state index contributed by atoms with van der Waals surface area (Å²) in [4.78, 5) is 12.5. The molecule has 4 nitrogen and oxygen atoms in total. The van der Waals surface area contributed by atoms with E-state index in [1.807, 2.05) is 6.07 Å². The second-order valence-corrected chi connectivity index (χ2v) is 8.51. The zero-order valence-corrected chi connectivity index (χ0v) is 17.2. The van der Waals surface area contributed by atoms with Gasteiger partial charge in [0, 0.05) is 17.4 Å². The van der Waals surface area contributed by atoms with Gasteiger partial charge >= 0.3 is 5.97 Å². The van der Waals surface area contributed by atoms with Crippen molar-refractivity contribution in [1.29, 1.82) is 0 Å². The van der Waals surface area contributed by atoms with Crippen LogP contribution in [0.1, 0.15) is 87.2 Å². The predicted molar refractivity (Wildman–Crippen MR) is 107 cm³/mol. The number of allylic oxidation sites excluding steroid dienone is 2. The van der Waals surface area contributed by atoms with Crippen LogP contribution in [0.2, 0.25) is 0 Å². The number of carbonyl (C=O) groups excluding carboxylic acids is 1. The number of benzene rings is 1. The van der Waals surface area contributed by atoms with Crippen molar-refractivity contribution in [2.24, 2.45) is 5.92 Å². The molecule has 0 bridgehead atoms. The standard InChI is InChI=1S/C23H32O4/c1-6-7-8-9-15-13-18-20(21(24)19(15)22(25)26-5)16-12-14(2)10-11-17(16)23(3,4)27-18/h12-13,16-17,24H,6-11H2,1-5H3. The van der Waals surface area contributed by atoms with E-state index in [9.17, 15) is 9.90 Å². The molecule has 1 heterocycles. The summed E-state index contributed by atoms with van der Waals surface area (Å²) in [6.45, 7) is 8.54. The van der Waals surface area contributed by atoms with Gasteiger partial charge < -0.3 is 14.6 Å². The van der Waals surface area contributed by atoms with Gasteiger partial charge in [-0.05, 0) is 58.1 Å². The topological polar surface area (TPSA) is 55.8 Å². The Hall–Kier alpha value is -1.97. The van der Waals surface area contributed by atoms with Crippen molar-refractivity contribution >= 4 is 5.97 Å². The predicted octanol–water partition coefficient (Wildman–Crippen LogP) is 5.52. The first-order valence-electron chi connectivity index (χ1n) is 10.1. The van der Waals surface area contributed by atoms with Gasteiger partial charge in [0.25, 0.3) is 0 Å². The summed E-state index contributed by atoms with van der Waals surface area (Å²) in [6, 6.07) is 1.96. The number of methoxy groups -OCH3 is 1. The number of aryl methyl sites for hydroxylation is 1. The molecule has 0 saturated carbocycles. The molecule has 1 aromatic rings. The molecular formula is C23H32O4. The summed E-state index contributed by atoms with van der Waals surface area (Å²) >= 11 is 0. The number of hydrogen-bond acceptors (Lipinski definition) is 4. The van der Waals surface area contributed by atoms with E-state index in [4.69, 9.17) is 9.47 Å². The average Bonchev–Trinajstić information content (AvgIpc) is 2.60. The number of unbranched alkanes of at least 4 members (excludes halogenated alkanes) is 2. The normalized spacial score (nSPS) is 22.9. The first-order chi connectivity index (χ1) is 12.8. The van der Waals surface area contributed by atoms with Crippen LogP contribution in [0.15, 0.2) is 17.7 Å². The van der Waals surface area contributed by atoms with Crippen LogP contribution in [0.3, 0.4) is 0 Å². The van der Waals surface area contributed by atoms with E-state index in [2.05, 4.69) is 33.8 Å². The van der Waals surface area contributed by atoms with Gasteiger partial charge in [-0.15, -0.1) is 0 Å². The maximum absolute atomic E-state index is 12.5. The molecule has 4 heteroatoms. The third-order valence-electron chi connectivity index (χ3n) is 6.17. The van der Waals surface area contributed by atoms with E-state index < -0.39 is 5.97 Å². The molecule has 0 spiro atoms. The van der Waals surface area contributed by atoms with Crippen molar-refractivity contribution in [2.45, 2.75) is 77.7 Å². The Kier molecular flexibility index (Phi) is 5.55. The monoisotopic (exact) mass is 372 g/mol. The molecule has 0 aromatic heterocycles. The van der Waals surface area contributed by atoms with Crippen molar-refractivity contribution in [3.8, 4) is 11.5 Å². The molecule has 3 rings (SSSR count). The molecule has 0 radical (unpaired) electrons. The highest BCUT2D eigenvalue weighted by Crippen LogP contribution is 2.54. The van der Waals surface area contributed by atoms with Crippen LogP contribution in [-0.2, 0) is 11.2 Å². The molecule has 1 aliphatic heterocycles. The summed E-state index contributed by atoms with van der Waals surface area (Å²) in [5.74, 6) is 0.618. The second-order valence-electron chi connectivity index (χ2n) is 8.51. The van der Waals surface area contributed by atoms with Gasteiger partial charge in [0.15, 0.2) is 0 Å². The van der Waals surface area contributed by atoms with Gasteiger partial charge in [0.1, 0.15) is 22.7 Å². The van der Waals surface area contributed by atoms with Crippen LogP contribution in [0, 0.1) is 5.92 Å². The molecule has 0 saturated heterocycles. The summed E-state index contributed by atoms with van der Waals surface area (Å²) < 4.78 is 11.4. The number of aromatic hydroxyl groups is 1. The van der Waals surface area contributed by atoms with Gasteiger partial charge in [-0.1, -0.05) is 31.4 Å². The van der Waals surface area contributed by atoms with Crippen LogP contribution in [0.5, 0.6) is 11.5 Å². The van der Waals surface area contributed by atoms with Crippen molar-refractivity contribution in [3.63, 3.8) is 0 Å². The van der Waals surface area contributed by atoms with Crippen molar-refractivity contribution < 1.29 is 19.4 Å². The Bertz CT molecular complexity index is 760. The highest BCUT2D eigenvalue weighted by molar-refractivity contribution is 5.95. The van der Waals surface area contributed by atoms with Crippen LogP contribution in [0.25, 0.3) is 0 Å². The number of fused-ring (bicyclic) bond motifs is 3. The quantitative estimate of drug-likeness (QED) is 0.420. The van der Waals surface area contributed by atoms with Crippen molar-refractivity contribution in [3.05, 3.63) is 34.4 Å². The number of phenolic OH excluding ortho intramolecular Hbond substituents is 1. The summed E-state index contributed by atoms with van der Waals surface area (Å²) in [5.41, 5.74) is 2.89. The fourth-order valence-corrected chi connectivity index (χ4v) is 4.70. The van der Waals surface area contributed by atoms with Crippen LogP contribution in [0.4, 0.5) is 0 Å². The Morgan fingerprint density at radius 2 is 2.11 bits per heavy atom. The highest BCUT2D eigenvalue weighted by atomic mass is 16.5. The van der Waals surface area contributed by atoms with Crippen LogP contribution in [-0.4, -0.2) is 23.8 Å². The third-order valence-corrected chi connectivity index (χ3v) is 6.17. The van der Waals surface area contributed by atoms with E-state index in [1.54, 1.807) is 0 Å². The fraction of sp³-hybridized carbons (Fsp3) is 0.609. The van der Waals surface area contributed by atoms with Gasteiger partial charge in [-0.2, -0.15) is 0 Å². The zero-order valence-electron chi connectivity index (χ0n) is 17.2. The van der Waals surface area contributed by atoms with Crippen molar-refractivity contribution in [1.82, 2.24) is 0 Å². The van der Waals surface area contributed by atoms with Crippen molar-refractivity contribution in [2.75, 3.05) is 7.11 Å². The smallest absolute Gasteiger partial charge is 0.341 e. The van der Waals surface area contributed by atoms with Crippen LogP contribution < -0.4 is 4.74 Å². The fourth-order valence-electron chi connectivity index (χ4n) is 4.70. The first-order valence-corrected chi connectivity index (χ1v) is 10.1. The molecule has 2 aliphatic rings. The second kappa shape index (κ2) is 7.57. The number of hydrogen-bond donors (Lipinski definition) is 1. The number of rotatable bonds is 5. The number of carbonyl (C=O) groups is 1. The molecular weight excluding hydrogens is 340 g/mol. The maximum Gasteiger partial charge on any atom is 0.341 e. The minimum atomic E-state index is -0.473. The molecule has 148 valence electrons. The maximum atomic E-state index is 12.5. The summed E-state index contributed by atoms with van der Waals surface area (Å²) in [6.07, 6.45) is 8.18. The number of esters is 1. The van der Waals surface area contributed by atoms with E-state index in [-0.39, 0.29) is 23.2 Å². The SMILES string of the molecule is CCCCCc1cc2c(c(O)c1C(=O)OC)C1C=C(C)CCC1C(C)(C)O2. The molecule has 1 aromatic carbocycles. The average molecular weight is 373 g/mol. The minimum absolute atomic E-state index is 0.0438. The van der Waals surface area contributed by atoms with E-state index in [0.717, 1.165) is 49.7 Å². The van der Waals surface area contributed by atoms with Gasteiger partial charge in [-0.3, -0.25) is 0 Å². The molecule has 2 atom stereocenters. The molecule has 27 heavy (non-hydrogen) atoms. The Labute approximate surface area is 162 Å². The molecule has 0 fully saturated rings. The van der Waals surface area contributed by atoms with Gasteiger partial charge in [0.2, 0.25) is 0 Å². The minimum Gasteiger partial charge on any atom is -0.507 e. The zero-order chi connectivity index (χ0) is 19.8.